The molecule has 1 fully saturated rings. The van der Waals surface area contributed by atoms with Crippen LogP contribution in [0.5, 0.6) is 0 Å². The van der Waals surface area contributed by atoms with Crippen LogP contribution < -0.4 is 16.4 Å². The Morgan fingerprint density at radius 3 is 2.42 bits per heavy atom. The maximum atomic E-state index is 11.8. The highest BCUT2D eigenvalue weighted by atomic mass is 16.2. The molecule has 0 saturated carbocycles. The van der Waals surface area contributed by atoms with Crippen LogP contribution in [0.15, 0.2) is 22.9 Å². The number of allylic oxidation sites excluding steroid dienone is 3. The Morgan fingerprint density at radius 2 is 1.87 bits per heavy atom. The molecule has 2 atom stereocenters. The molecule has 0 aromatic heterocycles. The van der Waals surface area contributed by atoms with Gasteiger partial charge in [0.25, 0.3) is 0 Å². The fourth-order valence-corrected chi connectivity index (χ4v) is 3.87. The van der Waals surface area contributed by atoms with Gasteiger partial charge < -0.3 is 11.1 Å². The Labute approximate surface area is 186 Å². The van der Waals surface area contributed by atoms with E-state index in [1.807, 2.05) is 6.08 Å². The van der Waals surface area contributed by atoms with E-state index in [1.54, 1.807) is 0 Å². The van der Waals surface area contributed by atoms with E-state index in [9.17, 15) is 19.2 Å². The molecule has 1 saturated heterocycles. The van der Waals surface area contributed by atoms with Gasteiger partial charge in [-0.15, -0.1) is 0 Å². The number of piperidine rings is 1. The number of nitrogens with two attached hydrogens (primary N) is 1. The van der Waals surface area contributed by atoms with Gasteiger partial charge in [0, 0.05) is 35.7 Å². The normalized spacial score (nSPS) is 19.6. The third kappa shape index (κ3) is 8.77. The molecule has 31 heavy (non-hydrogen) atoms. The zero-order valence-electron chi connectivity index (χ0n) is 19.5. The van der Waals surface area contributed by atoms with Gasteiger partial charge in [-0.05, 0) is 58.4 Å². The summed E-state index contributed by atoms with van der Waals surface area (Å²) in [4.78, 5) is 45.4. The molecule has 2 rings (SSSR count). The number of unbranched alkanes of at least 4 members (excludes halogenated alkanes) is 2. The van der Waals surface area contributed by atoms with Crippen LogP contribution in [0.3, 0.4) is 0 Å². The highest BCUT2D eigenvalue weighted by molar-refractivity contribution is 6.07. The molecule has 1 aliphatic heterocycles. The number of rotatable bonds is 10. The molecule has 7 nitrogen and oxygen atoms in total. The van der Waals surface area contributed by atoms with E-state index in [0.717, 1.165) is 57.3 Å². The lowest BCUT2D eigenvalue weighted by molar-refractivity contribution is -0.137. The molecule has 2 aliphatic rings. The third-order valence-corrected chi connectivity index (χ3v) is 5.90. The summed E-state index contributed by atoms with van der Waals surface area (Å²) in [5, 5.41) is 5.65. The van der Waals surface area contributed by atoms with Crippen molar-refractivity contribution in [3.63, 3.8) is 0 Å². The van der Waals surface area contributed by atoms with Crippen molar-refractivity contribution in [2.24, 2.45) is 17.6 Å². The Balaban J connectivity index is 0.000000343. The number of hydrogen-bond donors (Lipinski definition) is 3. The lowest BCUT2D eigenvalue weighted by Gasteiger charge is -2.25. The predicted octanol–water partition coefficient (Wildman–Crippen LogP) is 2.94. The molecule has 1 aliphatic carbocycles. The minimum atomic E-state index is -0.125. The molecule has 1 heterocycles. The summed E-state index contributed by atoms with van der Waals surface area (Å²) in [5.41, 5.74) is 7.52. The summed E-state index contributed by atoms with van der Waals surface area (Å²) < 4.78 is 0. The van der Waals surface area contributed by atoms with Crippen LogP contribution in [0, 0.1) is 11.8 Å². The van der Waals surface area contributed by atoms with Crippen LogP contribution >= 0.6 is 0 Å². The zero-order chi connectivity index (χ0) is 23.4. The summed E-state index contributed by atoms with van der Waals surface area (Å²) in [5.74, 6) is 0.192. The highest BCUT2D eigenvalue weighted by Gasteiger charge is 2.29. The van der Waals surface area contributed by atoms with Crippen molar-refractivity contribution in [3.8, 4) is 0 Å². The average Bonchev–Trinajstić information content (AvgIpc) is 2.73. The van der Waals surface area contributed by atoms with E-state index in [1.165, 1.54) is 13.8 Å². The zero-order valence-corrected chi connectivity index (χ0v) is 19.5. The number of hydrogen-bond acceptors (Lipinski definition) is 6. The van der Waals surface area contributed by atoms with Crippen LogP contribution in [0.1, 0.15) is 79.1 Å². The van der Waals surface area contributed by atoms with E-state index in [0.29, 0.717) is 29.9 Å². The summed E-state index contributed by atoms with van der Waals surface area (Å²) in [7, 11) is 0. The molecule has 0 bridgehead atoms. The van der Waals surface area contributed by atoms with Crippen molar-refractivity contribution in [1.82, 2.24) is 10.6 Å². The van der Waals surface area contributed by atoms with Crippen molar-refractivity contribution < 1.29 is 19.2 Å². The van der Waals surface area contributed by atoms with Gasteiger partial charge in [-0.25, -0.2) is 0 Å². The molecule has 2 amide bonds. The summed E-state index contributed by atoms with van der Waals surface area (Å²) in [6, 6.07) is 0. The third-order valence-electron chi connectivity index (χ3n) is 5.90. The maximum Gasteiger partial charge on any atom is 0.229 e. The van der Waals surface area contributed by atoms with Gasteiger partial charge in [0.05, 0.1) is 0 Å². The van der Waals surface area contributed by atoms with E-state index in [4.69, 9.17) is 5.73 Å². The summed E-state index contributed by atoms with van der Waals surface area (Å²) >= 11 is 0. The molecule has 0 aromatic carbocycles. The fourth-order valence-electron chi connectivity index (χ4n) is 3.87. The van der Waals surface area contributed by atoms with Crippen LogP contribution in [0.25, 0.3) is 0 Å². The highest BCUT2D eigenvalue weighted by Crippen LogP contribution is 2.25. The van der Waals surface area contributed by atoms with Crippen LogP contribution in [-0.4, -0.2) is 36.5 Å². The first-order chi connectivity index (χ1) is 14.7. The fraction of sp³-hybridized carbons (Fsp3) is 0.667. The molecule has 7 heteroatoms. The van der Waals surface area contributed by atoms with Crippen LogP contribution in [0.2, 0.25) is 0 Å². The number of Topliss-reactive ketones (excluding diaryl/α,β-unsaturated/α-hetero) is 2. The second-order valence-electron chi connectivity index (χ2n) is 8.34. The van der Waals surface area contributed by atoms with E-state index >= 15 is 0 Å². The number of nitrogens with one attached hydrogen (secondary N) is 2. The molecular formula is C24H39N3O4. The number of carbonyl (C=O) groups is 4. The smallest absolute Gasteiger partial charge is 0.229 e. The molecule has 2 unspecified atom stereocenters. The Kier molecular flexibility index (Phi) is 12.0. The van der Waals surface area contributed by atoms with E-state index in [-0.39, 0.29) is 29.3 Å². The standard InChI is InChI=1S/C15H24N2O2.C9H15NO2/c1-11(18)13-7-6-8-14(15(13)12(2)19)17-10-5-3-4-9-16;1-3-6(2)7-4-5-8(11)10-9(7)12/h8,17H,3-7,9-10,16H2,1-2H3;6-7H,3-5H2,1-2H3,(H,10,11,12). The molecule has 0 radical (unpaired) electrons. The van der Waals surface area contributed by atoms with Crippen molar-refractivity contribution >= 4 is 23.4 Å². The minimum absolute atomic E-state index is 0.000678. The average molecular weight is 434 g/mol. The van der Waals surface area contributed by atoms with Crippen LogP contribution in [0.4, 0.5) is 0 Å². The van der Waals surface area contributed by atoms with Gasteiger partial charge in [0.15, 0.2) is 11.6 Å². The van der Waals surface area contributed by atoms with Gasteiger partial charge in [-0.2, -0.15) is 0 Å². The van der Waals surface area contributed by atoms with E-state index < -0.39 is 0 Å². The van der Waals surface area contributed by atoms with Crippen LogP contribution in [-0.2, 0) is 19.2 Å². The first-order valence-corrected chi connectivity index (χ1v) is 11.5. The largest absolute Gasteiger partial charge is 0.385 e. The van der Waals surface area contributed by atoms with Crippen molar-refractivity contribution in [2.75, 3.05) is 13.1 Å². The Morgan fingerprint density at radius 1 is 1.16 bits per heavy atom. The van der Waals surface area contributed by atoms with Gasteiger partial charge in [0.1, 0.15) is 0 Å². The lowest BCUT2D eigenvalue weighted by atomic mass is 9.85. The van der Waals surface area contributed by atoms with Crippen molar-refractivity contribution in [1.29, 1.82) is 0 Å². The molecular weight excluding hydrogens is 394 g/mol. The number of imide groups is 1. The van der Waals surface area contributed by atoms with Crippen molar-refractivity contribution in [2.45, 2.75) is 79.1 Å². The SMILES string of the molecule is CC(=O)C1=C(C(C)=O)C(NCCCCCN)=CCC1.CCC(C)C1CCC(=O)NC1=O. The minimum Gasteiger partial charge on any atom is -0.385 e. The number of amides is 2. The molecule has 4 N–H and O–H groups in total. The number of ketones is 2. The second-order valence-corrected chi connectivity index (χ2v) is 8.34. The Bertz CT molecular complexity index is 724. The molecule has 174 valence electrons. The first kappa shape index (κ1) is 26.8. The quantitative estimate of drug-likeness (QED) is 0.360. The summed E-state index contributed by atoms with van der Waals surface area (Å²) in [6.07, 6.45) is 8.84. The second kappa shape index (κ2) is 13.9. The summed E-state index contributed by atoms with van der Waals surface area (Å²) in [6.45, 7) is 8.70. The number of carbonyl (C=O) groups excluding carboxylic acids is 4. The Hall–Kier alpha value is -2.28. The van der Waals surface area contributed by atoms with Gasteiger partial charge in [-0.1, -0.05) is 32.8 Å². The van der Waals surface area contributed by atoms with Gasteiger partial charge in [-0.3, -0.25) is 24.5 Å². The molecule has 0 spiro atoms. The monoisotopic (exact) mass is 433 g/mol. The maximum absolute atomic E-state index is 11.8. The van der Waals surface area contributed by atoms with Gasteiger partial charge in [0.2, 0.25) is 11.8 Å². The predicted molar refractivity (Wildman–Crippen MR) is 122 cm³/mol. The van der Waals surface area contributed by atoms with E-state index in [2.05, 4.69) is 24.5 Å². The van der Waals surface area contributed by atoms with Gasteiger partial charge >= 0.3 is 0 Å². The lowest BCUT2D eigenvalue weighted by Crippen LogP contribution is -2.42. The first-order valence-electron chi connectivity index (χ1n) is 11.5. The topological polar surface area (TPSA) is 118 Å². The van der Waals surface area contributed by atoms with Crippen molar-refractivity contribution in [3.05, 3.63) is 22.9 Å². The molecule has 0 aromatic rings.